The zero-order valence-corrected chi connectivity index (χ0v) is 15.9. The van der Waals surface area contributed by atoms with E-state index in [1.807, 2.05) is 18.2 Å². The Balaban J connectivity index is 1.59. The second kappa shape index (κ2) is 8.37. The Labute approximate surface area is 158 Å². The van der Waals surface area contributed by atoms with Crippen LogP contribution in [0.15, 0.2) is 46.0 Å². The van der Waals surface area contributed by atoms with Crippen molar-refractivity contribution in [1.29, 1.82) is 0 Å². The minimum absolute atomic E-state index is 0.0588. The third-order valence-corrected chi connectivity index (χ3v) is 4.63. The quantitative estimate of drug-likeness (QED) is 0.251. The molecule has 1 aromatic heterocycles. The SMILES string of the molecule is CC(C)N1CCN([n+]2cc(N=C([S-])CC(=O)c3ccccc3)on2)CC1. The van der Waals surface area contributed by atoms with Crippen LogP contribution in [-0.4, -0.2) is 53.2 Å². The summed E-state index contributed by atoms with van der Waals surface area (Å²) in [5.74, 6) is 0.249. The zero-order valence-electron chi connectivity index (χ0n) is 15.0. The fourth-order valence-corrected chi connectivity index (χ4v) is 3.09. The molecule has 8 heteroatoms. The van der Waals surface area contributed by atoms with Crippen LogP contribution in [0.2, 0.25) is 0 Å². The first kappa shape index (κ1) is 18.5. The second-order valence-corrected chi connectivity index (χ2v) is 6.99. The predicted molar refractivity (Wildman–Crippen MR) is 101 cm³/mol. The van der Waals surface area contributed by atoms with E-state index in [4.69, 9.17) is 17.2 Å². The van der Waals surface area contributed by atoms with Gasteiger partial charge < -0.3 is 12.6 Å². The van der Waals surface area contributed by atoms with Crippen LogP contribution in [0.25, 0.3) is 0 Å². The van der Waals surface area contributed by atoms with E-state index < -0.39 is 0 Å². The normalized spacial score (nSPS) is 16.3. The number of carbonyl (C=O) groups is 1. The number of rotatable bonds is 6. The van der Waals surface area contributed by atoms with Gasteiger partial charge in [-0.05, 0) is 13.8 Å². The predicted octanol–water partition coefficient (Wildman–Crippen LogP) is 1.47. The monoisotopic (exact) mass is 373 g/mol. The van der Waals surface area contributed by atoms with Crippen LogP contribution >= 0.6 is 0 Å². The van der Waals surface area contributed by atoms with Gasteiger partial charge in [0.15, 0.2) is 5.78 Å². The van der Waals surface area contributed by atoms with Crippen LogP contribution < -0.4 is 9.80 Å². The van der Waals surface area contributed by atoms with Crippen LogP contribution in [0, 0.1) is 0 Å². The van der Waals surface area contributed by atoms with E-state index in [9.17, 15) is 4.79 Å². The molecule has 1 aliphatic heterocycles. The lowest BCUT2D eigenvalue weighted by atomic mass is 10.1. The Kier molecular flexibility index (Phi) is 5.95. The van der Waals surface area contributed by atoms with E-state index in [0.29, 0.717) is 17.5 Å². The summed E-state index contributed by atoms with van der Waals surface area (Å²) in [7, 11) is 0. The average Bonchev–Trinajstić information content (AvgIpc) is 3.10. The van der Waals surface area contributed by atoms with Gasteiger partial charge in [-0.1, -0.05) is 35.4 Å². The highest BCUT2D eigenvalue weighted by Gasteiger charge is 2.26. The molecular weight excluding hydrogens is 350 g/mol. The smallest absolute Gasteiger partial charge is 0.323 e. The first-order chi connectivity index (χ1) is 12.5. The largest absolute Gasteiger partial charge is 0.764 e. The van der Waals surface area contributed by atoms with Gasteiger partial charge in [-0.15, -0.1) is 0 Å². The summed E-state index contributed by atoms with van der Waals surface area (Å²) in [4.78, 5) is 20.5. The molecule has 2 heterocycles. The molecule has 0 N–H and O–H groups in total. The molecule has 1 fully saturated rings. The molecule has 0 bridgehead atoms. The number of ketones is 1. The summed E-state index contributed by atoms with van der Waals surface area (Å²) in [6.07, 6.45) is 1.78. The van der Waals surface area contributed by atoms with E-state index in [0.717, 1.165) is 26.2 Å². The van der Waals surface area contributed by atoms with Gasteiger partial charge in [0, 0.05) is 31.1 Å². The van der Waals surface area contributed by atoms with E-state index in [1.165, 1.54) is 0 Å². The van der Waals surface area contributed by atoms with Gasteiger partial charge in [0.1, 0.15) is 0 Å². The van der Waals surface area contributed by atoms with Crippen molar-refractivity contribution >= 4 is 29.3 Å². The van der Waals surface area contributed by atoms with Crippen molar-refractivity contribution in [2.75, 3.05) is 31.2 Å². The fourth-order valence-electron chi connectivity index (χ4n) is 2.87. The zero-order chi connectivity index (χ0) is 18.5. The molecule has 0 amide bonds. The summed E-state index contributed by atoms with van der Waals surface area (Å²) in [5, 5.41) is 6.39. The summed E-state index contributed by atoms with van der Waals surface area (Å²) < 4.78 is 5.24. The van der Waals surface area contributed by atoms with E-state index in [2.05, 4.69) is 34.0 Å². The van der Waals surface area contributed by atoms with Crippen LogP contribution in [-0.2, 0) is 12.6 Å². The maximum Gasteiger partial charge on any atom is 0.323 e. The Hall–Kier alpha value is -2.32. The molecule has 1 aliphatic rings. The molecule has 0 atom stereocenters. The first-order valence-corrected chi connectivity index (χ1v) is 9.14. The van der Waals surface area contributed by atoms with Crippen molar-refractivity contribution in [3.63, 3.8) is 0 Å². The second-order valence-electron chi connectivity index (χ2n) is 6.52. The lowest BCUT2D eigenvalue weighted by Crippen LogP contribution is -2.65. The lowest BCUT2D eigenvalue weighted by molar-refractivity contribution is -0.759. The molecule has 1 saturated heterocycles. The van der Waals surface area contributed by atoms with Gasteiger partial charge in [-0.2, -0.15) is 5.01 Å². The highest BCUT2D eigenvalue weighted by molar-refractivity contribution is 7.77. The number of aromatic nitrogens is 2. The van der Waals surface area contributed by atoms with Gasteiger partial charge in [0.25, 0.3) is 6.20 Å². The summed E-state index contributed by atoms with van der Waals surface area (Å²) in [6, 6.07) is 9.60. The molecule has 138 valence electrons. The molecule has 0 spiro atoms. The number of hydrogen-bond donors (Lipinski definition) is 0. The fraction of sp³-hybridized carbons (Fsp3) is 0.444. The van der Waals surface area contributed by atoms with Crippen molar-refractivity contribution in [2.45, 2.75) is 26.3 Å². The van der Waals surface area contributed by atoms with Gasteiger partial charge >= 0.3 is 5.88 Å². The lowest BCUT2D eigenvalue weighted by Gasteiger charge is -2.32. The maximum atomic E-state index is 12.2. The van der Waals surface area contributed by atoms with Crippen LogP contribution in [0.1, 0.15) is 30.6 Å². The first-order valence-electron chi connectivity index (χ1n) is 8.73. The third kappa shape index (κ3) is 4.64. The molecule has 0 radical (unpaired) electrons. The van der Waals surface area contributed by atoms with Crippen LogP contribution in [0.4, 0.5) is 5.88 Å². The van der Waals surface area contributed by atoms with E-state index >= 15 is 0 Å². The van der Waals surface area contributed by atoms with Crippen molar-refractivity contribution in [3.05, 3.63) is 42.1 Å². The number of piperazine rings is 1. The molecule has 2 aromatic rings. The molecule has 26 heavy (non-hydrogen) atoms. The minimum Gasteiger partial charge on any atom is -0.764 e. The van der Waals surface area contributed by atoms with Gasteiger partial charge in [-0.25, -0.2) is 4.99 Å². The number of nitrogens with zero attached hydrogens (tertiary/aromatic N) is 5. The Bertz CT molecular complexity index is 767. The minimum atomic E-state index is -0.0588. The standard InChI is InChI=1S/C18H23N5O2S/c1-14(2)21-8-10-22(11-9-21)23-13-17(25-20-23)19-18(26)12-16(24)15-6-4-3-5-7-15/h3-7,13-14H,8-12H2,1-2H3. The molecule has 1 aromatic carbocycles. The number of benzene rings is 1. The van der Waals surface area contributed by atoms with E-state index in [-0.39, 0.29) is 17.2 Å². The number of aliphatic imine (C=N–C) groups is 1. The molecule has 0 unspecified atom stereocenters. The average molecular weight is 373 g/mol. The molecule has 0 saturated carbocycles. The Morgan fingerprint density at radius 2 is 1.96 bits per heavy atom. The van der Waals surface area contributed by atoms with Crippen LogP contribution in [0.5, 0.6) is 0 Å². The highest BCUT2D eigenvalue weighted by Crippen LogP contribution is 2.10. The molecule has 3 rings (SSSR count). The summed E-state index contributed by atoms with van der Waals surface area (Å²) in [5.41, 5.74) is 0.626. The van der Waals surface area contributed by atoms with Crippen molar-refractivity contribution < 1.29 is 14.1 Å². The van der Waals surface area contributed by atoms with Crippen LogP contribution in [0.3, 0.4) is 0 Å². The Morgan fingerprint density at radius 3 is 2.62 bits per heavy atom. The molecule has 0 aliphatic carbocycles. The van der Waals surface area contributed by atoms with Gasteiger partial charge in [0.05, 0.1) is 17.9 Å². The third-order valence-electron chi connectivity index (χ3n) is 4.40. The van der Waals surface area contributed by atoms with Gasteiger partial charge in [0.2, 0.25) is 5.27 Å². The summed E-state index contributed by atoms with van der Waals surface area (Å²) in [6.45, 7) is 8.10. The number of carbonyl (C=O) groups excluding carboxylic acids is 1. The van der Waals surface area contributed by atoms with Crippen molar-refractivity contribution in [3.8, 4) is 0 Å². The highest BCUT2D eigenvalue weighted by atomic mass is 32.1. The summed E-state index contributed by atoms with van der Waals surface area (Å²) >= 11 is 5.22. The topological polar surface area (TPSA) is 65.8 Å². The van der Waals surface area contributed by atoms with E-state index in [1.54, 1.807) is 23.1 Å². The van der Waals surface area contributed by atoms with Crippen molar-refractivity contribution in [2.24, 2.45) is 4.99 Å². The maximum absolute atomic E-state index is 12.2. The number of Topliss-reactive ketones (excluding diaryl/α,β-unsaturated/α-hetero) is 1. The van der Waals surface area contributed by atoms with Gasteiger partial charge in [-0.3, -0.25) is 14.2 Å². The Morgan fingerprint density at radius 1 is 1.27 bits per heavy atom. The molecular formula is C18H23N5O2S. The molecule has 7 nitrogen and oxygen atoms in total. The number of hydrogen-bond acceptors (Lipinski definition) is 7. The van der Waals surface area contributed by atoms with Crippen molar-refractivity contribution in [1.82, 2.24) is 10.2 Å².